The highest BCUT2D eigenvalue weighted by Crippen LogP contribution is 2.39. The Bertz CT molecular complexity index is 436. The van der Waals surface area contributed by atoms with E-state index in [4.69, 9.17) is 5.73 Å². The predicted molar refractivity (Wildman–Crippen MR) is 77.9 cm³/mol. The van der Waals surface area contributed by atoms with E-state index in [0.717, 1.165) is 11.1 Å². The molecule has 18 heavy (non-hydrogen) atoms. The molecule has 0 aromatic heterocycles. The van der Waals surface area contributed by atoms with Crippen LogP contribution in [0.25, 0.3) is 0 Å². The lowest BCUT2D eigenvalue weighted by molar-refractivity contribution is 0.316. The molecule has 1 rings (SSSR count). The van der Waals surface area contributed by atoms with E-state index >= 15 is 0 Å². The molecule has 2 nitrogen and oxygen atoms in total. The first kappa shape index (κ1) is 15.0. The van der Waals surface area contributed by atoms with Gasteiger partial charge in [-0.15, -0.1) is 0 Å². The van der Waals surface area contributed by atoms with Crippen LogP contribution in [0.3, 0.4) is 0 Å². The average molecular weight is 249 g/mol. The van der Waals surface area contributed by atoms with Crippen LogP contribution >= 0.6 is 0 Å². The fourth-order valence-electron chi connectivity index (χ4n) is 1.94. The van der Waals surface area contributed by atoms with Crippen molar-refractivity contribution in [3.05, 3.63) is 28.8 Å². The Labute approximate surface area is 111 Å². The van der Waals surface area contributed by atoms with Crippen molar-refractivity contribution in [3.63, 3.8) is 0 Å². The number of aryl methyl sites for hydroxylation is 1. The normalized spacial score (nSPS) is 14.7. The maximum Gasteiger partial charge on any atom is 0.123 e. The molecule has 0 radical (unpaired) electrons. The van der Waals surface area contributed by atoms with E-state index in [0.29, 0.717) is 5.75 Å². The van der Waals surface area contributed by atoms with Gasteiger partial charge in [-0.2, -0.15) is 0 Å². The summed E-state index contributed by atoms with van der Waals surface area (Å²) in [5, 5.41) is 10.2. The third kappa shape index (κ3) is 3.05. The predicted octanol–water partition coefficient (Wildman–Crippen LogP) is 4.04. The minimum atomic E-state index is -0.168. The van der Waals surface area contributed by atoms with E-state index in [-0.39, 0.29) is 16.9 Å². The molecule has 0 aliphatic rings. The first-order chi connectivity index (χ1) is 7.94. The van der Waals surface area contributed by atoms with E-state index in [1.807, 2.05) is 13.0 Å². The van der Waals surface area contributed by atoms with Gasteiger partial charge in [0, 0.05) is 11.6 Å². The quantitative estimate of drug-likeness (QED) is 0.789. The van der Waals surface area contributed by atoms with Crippen molar-refractivity contribution >= 4 is 0 Å². The maximum absolute atomic E-state index is 10.2. The highest BCUT2D eigenvalue weighted by atomic mass is 16.3. The number of nitrogens with two attached hydrogens (primary N) is 1. The van der Waals surface area contributed by atoms with Gasteiger partial charge in [-0.05, 0) is 34.9 Å². The van der Waals surface area contributed by atoms with Crippen LogP contribution in [0.5, 0.6) is 5.75 Å². The van der Waals surface area contributed by atoms with Crippen molar-refractivity contribution in [3.8, 4) is 5.75 Å². The molecule has 0 fully saturated rings. The van der Waals surface area contributed by atoms with Crippen molar-refractivity contribution in [1.82, 2.24) is 0 Å². The van der Waals surface area contributed by atoms with Gasteiger partial charge in [0.1, 0.15) is 5.75 Å². The topological polar surface area (TPSA) is 46.2 Å². The van der Waals surface area contributed by atoms with Crippen LogP contribution in [0.1, 0.15) is 64.3 Å². The summed E-state index contributed by atoms with van der Waals surface area (Å²) in [4.78, 5) is 0. The van der Waals surface area contributed by atoms with E-state index in [9.17, 15) is 5.11 Å². The molecule has 1 atom stereocenters. The van der Waals surface area contributed by atoms with Crippen molar-refractivity contribution in [1.29, 1.82) is 0 Å². The zero-order chi connectivity index (χ0) is 14.3. The van der Waals surface area contributed by atoms with Crippen LogP contribution in [0.4, 0.5) is 0 Å². The monoisotopic (exact) mass is 249 g/mol. The summed E-state index contributed by atoms with van der Waals surface area (Å²) in [5.74, 6) is 0.338. The Balaban J connectivity index is 3.41. The molecule has 0 saturated carbocycles. The number of hydrogen-bond acceptors (Lipinski definition) is 2. The van der Waals surface area contributed by atoms with Gasteiger partial charge < -0.3 is 10.8 Å². The zero-order valence-corrected chi connectivity index (χ0v) is 12.8. The van der Waals surface area contributed by atoms with Crippen molar-refractivity contribution in [2.75, 3.05) is 0 Å². The lowest BCUT2D eigenvalue weighted by Crippen LogP contribution is -2.27. The highest BCUT2D eigenvalue weighted by molar-refractivity contribution is 5.46. The van der Waals surface area contributed by atoms with Crippen molar-refractivity contribution in [2.24, 2.45) is 11.1 Å². The van der Waals surface area contributed by atoms with Gasteiger partial charge in [0.25, 0.3) is 0 Å². The van der Waals surface area contributed by atoms with Crippen LogP contribution in [0, 0.1) is 12.3 Å². The molecule has 0 heterocycles. The Morgan fingerprint density at radius 1 is 1.06 bits per heavy atom. The third-order valence-corrected chi connectivity index (χ3v) is 3.46. The molecule has 0 aliphatic carbocycles. The molecule has 1 aromatic carbocycles. The van der Waals surface area contributed by atoms with Gasteiger partial charge in [-0.1, -0.05) is 47.6 Å². The molecule has 102 valence electrons. The fourth-order valence-corrected chi connectivity index (χ4v) is 1.94. The number of benzene rings is 1. The van der Waals surface area contributed by atoms with Crippen LogP contribution in [0.15, 0.2) is 12.1 Å². The summed E-state index contributed by atoms with van der Waals surface area (Å²) < 4.78 is 0. The van der Waals surface area contributed by atoms with Crippen molar-refractivity contribution < 1.29 is 5.11 Å². The van der Waals surface area contributed by atoms with E-state index in [2.05, 4.69) is 47.6 Å². The fraction of sp³-hybridized carbons (Fsp3) is 0.625. The lowest BCUT2D eigenvalue weighted by Gasteiger charge is -2.30. The minimum Gasteiger partial charge on any atom is -0.507 e. The second-order valence-corrected chi connectivity index (χ2v) is 7.32. The lowest BCUT2D eigenvalue weighted by atomic mass is 9.78. The summed E-state index contributed by atoms with van der Waals surface area (Å²) >= 11 is 0. The molecule has 1 aromatic rings. The molecule has 0 aliphatic heterocycles. The number of aromatic hydroxyl groups is 1. The van der Waals surface area contributed by atoms with Crippen LogP contribution < -0.4 is 5.73 Å². The second-order valence-electron chi connectivity index (χ2n) is 7.32. The van der Waals surface area contributed by atoms with Gasteiger partial charge >= 0.3 is 0 Å². The van der Waals surface area contributed by atoms with Crippen LogP contribution in [0.2, 0.25) is 0 Å². The molecular formula is C16H27NO. The number of phenolic OH excluding ortho intramolecular Hbond substituents is 1. The molecule has 0 saturated heterocycles. The number of phenols is 1. The first-order valence-corrected chi connectivity index (χ1v) is 6.54. The Morgan fingerprint density at radius 2 is 1.56 bits per heavy atom. The molecule has 3 N–H and O–H groups in total. The highest BCUT2D eigenvalue weighted by Gasteiger charge is 2.27. The zero-order valence-electron chi connectivity index (χ0n) is 12.8. The van der Waals surface area contributed by atoms with Gasteiger partial charge in [-0.3, -0.25) is 0 Å². The molecule has 0 amide bonds. The van der Waals surface area contributed by atoms with Gasteiger partial charge in [0.15, 0.2) is 0 Å². The van der Waals surface area contributed by atoms with Gasteiger partial charge in [0.05, 0.1) is 0 Å². The molecule has 0 spiro atoms. The summed E-state index contributed by atoms with van der Waals surface area (Å²) in [6.45, 7) is 14.7. The van der Waals surface area contributed by atoms with Crippen LogP contribution in [-0.4, -0.2) is 5.11 Å². The van der Waals surface area contributed by atoms with E-state index in [1.165, 1.54) is 5.56 Å². The number of rotatable bonds is 1. The summed E-state index contributed by atoms with van der Waals surface area (Å²) in [7, 11) is 0. The second kappa shape index (κ2) is 4.58. The molecular weight excluding hydrogens is 222 g/mol. The van der Waals surface area contributed by atoms with Gasteiger partial charge in [-0.25, -0.2) is 0 Å². The smallest absolute Gasteiger partial charge is 0.123 e. The largest absolute Gasteiger partial charge is 0.507 e. The molecule has 1 unspecified atom stereocenters. The van der Waals surface area contributed by atoms with E-state index < -0.39 is 0 Å². The maximum atomic E-state index is 10.2. The average Bonchev–Trinajstić information content (AvgIpc) is 2.17. The third-order valence-electron chi connectivity index (χ3n) is 3.46. The summed E-state index contributed by atoms with van der Waals surface area (Å²) in [6, 6.07) is 3.94. The van der Waals surface area contributed by atoms with E-state index in [1.54, 1.807) is 0 Å². The number of hydrogen-bond donors (Lipinski definition) is 2. The first-order valence-electron chi connectivity index (χ1n) is 6.54. The molecule has 2 heteroatoms. The Morgan fingerprint density at radius 3 is 1.94 bits per heavy atom. The van der Waals surface area contributed by atoms with Crippen LogP contribution in [-0.2, 0) is 5.41 Å². The minimum absolute atomic E-state index is 0.0603. The van der Waals surface area contributed by atoms with Gasteiger partial charge in [0.2, 0.25) is 0 Å². The van der Waals surface area contributed by atoms with Crippen molar-refractivity contribution in [2.45, 2.75) is 59.9 Å². The Kier molecular flexibility index (Phi) is 3.83. The standard InChI is InChI=1S/C16H27NO/c1-10-8-11(15(2,3)4)9-12(13(10)18)14(17)16(5,6)7/h8-9,14,18H,17H2,1-7H3. The SMILES string of the molecule is Cc1cc(C(C)(C)C)cc(C(N)C(C)(C)C)c1O. The summed E-state index contributed by atoms with van der Waals surface area (Å²) in [6.07, 6.45) is 0. The molecule has 0 bridgehead atoms. The summed E-state index contributed by atoms with van der Waals surface area (Å²) in [5.41, 5.74) is 9.25. The Hall–Kier alpha value is -1.02.